The molecule has 0 spiro atoms. The van der Waals surface area contributed by atoms with Gasteiger partial charge in [-0.25, -0.2) is 9.67 Å². The van der Waals surface area contributed by atoms with Crippen LogP contribution in [0.1, 0.15) is 26.6 Å². The summed E-state index contributed by atoms with van der Waals surface area (Å²) >= 11 is 0. The van der Waals surface area contributed by atoms with Crippen LogP contribution in [0.25, 0.3) is 22.3 Å². The van der Waals surface area contributed by atoms with Crippen LogP contribution in [0.15, 0.2) is 83.7 Å². The van der Waals surface area contributed by atoms with E-state index in [4.69, 9.17) is 9.40 Å². The van der Waals surface area contributed by atoms with Crippen LogP contribution in [-0.4, -0.2) is 31.6 Å². The number of hydrogen-bond donors (Lipinski definition) is 3. The highest BCUT2D eigenvalue weighted by Crippen LogP contribution is 2.25. The number of hydrogen-bond acceptors (Lipinski definition) is 5. The lowest BCUT2D eigenvalue weighted by Gasteiger charge is -2.10. The van der Waals surface area contributed by atoms with Gasteiger partial charge in [-0.2, -0.15) is 5.10 Å². The molecule has 32 heavy (non-hydrogen) atoms. The number of hydrazine groups is 1. The number of fused-ring (bicyclic) bond motifs is 1. The Hall–Kier alpha value is -4.66. The van der Waals surface area contributed by atoms with Gasteiger partial charge >= 0.3 is 0 Å². The number of aromatic nitrogens is 4. The van der Waals surface area contributed by atoms with Gasteiger partial charge in [-0.05, 0) is 30.3 Å². The van der Waals surface area contributed by atoms with Crippen molar-refractivity contribution in [1.29, 1.82) is 0 Å². The molecule has 0 unspecified atom stereocenters. The molecule has 0 aliphatic carbocycles. The molecule has 0 saturated heterocycles. The SMILES string of the molecule is O=C(NNC(=O)c1cc(-c2ccccc2)nc2c1cnn2Cc1ccco1)c1ccc[nH]1. The summed E-state index contributed by atoms with van der Waals surface area (Å²) in [7, 11) is 0. The second kappa shape index (κ2) is 8.23. The maximum Gasteiger partial charge on any atom is 0.286 e. The summed E-state index contributed by atoms with van der Waals surface area (Å²) in [6.07, 6.45) is 4.81. The first-order valence-corrected chi connectivity index (χ1v) is 9.87. The maximum atomic E-state index is 13.0. The third-order valence-electron chi connectivity index (χ3n) is 4.94. The summed E-state index contributed by atoms with van der Waals surface area (Å²) in [4.78, 5) is 32.7. The van der Waals surface area contributed by atoms with E-state index in [-0.39, 0.29) is 0 Å². The predicted octanol–water partition coefficient (Wildman–Crippen LogP) is 3.14. The molecule has 0 fully saturated rings. The van der Waals surface area contributed by atoms with E-state index in [9.17, 15) is 9.59 Å². The molecule has 1 aromatic carbocycles. The largest absolute Gasteiger partial charge is 0.467 e. The Morgan fingerprint density at radius 1 is 1.00 bits per heavy atom. The molecular weight excluding hydrogens is 408 g/mol. The Labute approximate surface area is 182 Å². The van der Waals surface area contributed by atoms with Gasteiger partial charge < -0.3 is 9.40 Å². The summed E-state index contributed by atoms with van der Waals surface area (Å²) in [5.41, 5.74) is 7.56. The number of carbonyl (C=O) groups is 2. The van der Waals surface area contributed by atoms with Gasteiger partial charge in [0.1, 0.15) is 18.0 Å². The first-order valence-electron chi connectivity index (χ1n) is 9.87. The maximum absolute atomic E-state index is 13.0. The highest BCUT2D eigenvalue weighted by Gasteiger charge is 2.19. The summed E-state index contributed by atoms with van der Waals surface area (Å²) < 4.78 is 7.11. The van der Waals surface area contributed by atoms with Crippen molar-refractivity contribution in [1.82, 2.24) is 30.6 Å². The first-order chi connectivity index (χ1) is 15.7. The molecule has 9 heteroatoms. The molecule has 0 radical (unpaired) electrons. The zero-order chi connectivity index (χ0) is 21.9. The van der Waals surface area contributed by atoms with Crippen LogP contribution in [0.2, 0.25) is 0 Å². The minimum Gasteiger partial charge on any atom is -0.467 e. The van der Waals surface area contributed by atoms with Gasteiger partial charge in [-0.1, -0.05) is 30.3 Å². The first kappa shape index (κ1) is 19.3. The van der Waals surface area contributed by atoms with Crippen molar-refractivity contribution in [3.63, 3.8) is 0 Å². The molecule has 158 valence electrons. The fourth-order valence-electron chi connectivity index (χ4n) is 3.38. The van der Waals surface area contributed by atoms with Crippen molar-refractivity contribution < 1.29 is 14.0 Å². The predicted molar refractivity (Wildman–Crippen MR) is 116 cm³/mol. The minimum absolute atomic E-state index is 0.335. The highest BCUT2D eigenvalue weighted by molar-refractivity contribution is 6.07. The summed E-state index contributed by atoms with van der Waals surface area (Å²) in [5.74, 6) is -0.219. The number of aromatic amines is 1. The van der Waals surface area contributed by atoms with E-state index < -0.39 is 11.8 Å². The molecule has 2 amide bonds. The van der Waals surface area contributed by atoms with Crippen molar-refractivity contribution in [3.8, 4) is 11.3 Å². The molecule has 0 aliphatic rings. The third kappa shape index (κ3) is 3.74. The monoisotopic (exact) mass is 426 g/mol. The van der Waals surface area contributed by atoms with Gasteiger partial charge in [0.05, 0.1) is 29.1 Å². The minimum atomic E-state index is -0.480. The number of H-pyrrole nitrogens is 1. The van der Waals surface area contributed by atoms with Crippen molar-refractivity contribution in [2.45, 2.75) is 6.54 Å². The molecule has 9 nitrogen and oxygen atoms in total. The summed E-state index contributed by atoms with van der Waals surface area (Å²) in [5, 5.41) is 4.96. The highest BCUT2D eigenvalue weighted by atomic mass is 16.3. The Morgan fingerprint density at radius 3 is 2.59 bits per heavy atom. The topological polar surface area (TPSA) is 118 Å². The standard InChI is InChI=1S/C23H18N6O3/c30-22(27-28-23(31)19-9-4-10-24-19)17-12-20(15-6-2-1-3-7-15)26-21-18(17)13-25-29(21)14-16-8-5-11-32-16/h1-13,24H,14H2,(H,27,30)(H,28,31). The summed E-state index contributed by atoms with van der Waals surface area (Å²) in [6, 6.07) is 18.2. The van der Waals surface area contributed by atoms with E-state index in [1.165, 1.54) is 0 Å². The van der Waals surface area contributed by atoms with Crippen LogP contribution in [0.3, 0.4) is 0 Å². The molecular formula is C23H18N6O3. The second-order valence-corrected chi connectivity index (χ2v) is 7.03. The van der Waals surface area contributed by atoms with Gasteiger partial charge in [0.2, 0.25) is 0 Å². The number of carbonyl (C=O) groups excluding carboxylic acids is 2. The van der Waals surface area contributed by atoms with Gasteiger partial charge in [0.15, 0.2) is 5.65 Å². The number of amides is 2. The molecule has 0 atom stereocenters. The van der Waals surface area contributed by atoms with E-state index >= 15 is 0 Å². The molecule has 3 N–H and O–H groups in total. The van der Waals surface area contributed by atoms with E-state index in [1.807, 2.05) is 36.4 Å². The number of pyridine rings is 1. The van der Waals surface area contributed by atoms with E-state index in [2.05, 4.69) is 20.9 Å². The quantitative estimate of drug-likeness (QED) is 0.373. The molecule has 4 aromatic heterocycles. The zero-order valence-electron chi connectivity index (χ0n) is 16.8. The van der Waals surface area contributed by atoms with Crippen LogP contribution in [-0.2, 0) is 6.54 Å². The Balaban J connectivity index is 1.52. The number of rotatable bonds is 5. The van der Waals surface area contributed by atoms with Crippen molar-refractivity contribution in [2.75, 3.05) is 0 Å². The molecule has 0 bridgehead atoms. The average Bonchev–Trinajstić information content (AvgIpc) is 3.60. The average molecular weight is 426 g/mol. The number of furan rings is 1. The number of nitrogens with zero attached hydrogens (tertiary/aromatic N) is 3. The fourth-order valence-corrected chi connectivity index (χ4v) is 3.38. The molecule has 0 aliphatic heterocycles. The van der Waals surface area contributed by atoms with E-state index in [1.54, 1.807) is 47.6 Å². The normalized spacial score (nSPS) is 10.9. The lowest BCUT2D eigenvalue weighted by atomic mass is 10.1. The van der Waals surface area contributed by atoms with Gasteiger partial charge in [-0.3, -0.25) is 20.4 Å². The van der Waals surface area contributed by atoms with Gasteiger partial charge in [0, 0.05) is 11.8 Å². The van der Waals surface area contributed by atoms with Crippen LogP contribution in [0.4, 0.5) is 0 Å². The molecule has 5 rings (SSSR count). The van der Waals surface area contributed by atoms with Crippen LogP contribution >= 0.6 is 0 Å². The van der Waals surface area contributed by atoms with Gasteiger partial charge in [0.25, 0.3) is 11.8 Å². The molecule has 4 heterocycles. The van der Waals surface area contributed by atoms with Crippen LogP contribution in [0, 0.1) is 0 Å². The Bertz CT molecular complexity index is 1370. The van der Waals surface area contributed by atoms with Crippen molar-refractivity contribution in [3.05, 3.63) is 96.3 Å². The van der Waals surface area contributed by atoms with Crippen LogP contribution in [0.5, 0.6) is 0 Å². The third-order valence-corrected chi connectivity index (χ3v) is 4.94. The van der Waals surface area contributed by atoms with E-state index in [0.717, 1.165) is 5.56 Å². The Morgan fingerprint density at radius 2 is 1.84 bits per heavy atom. The van der Waals surface area contributed by atoms with E-state index in [0.29, 0.717) is 40.3 Å². The van der Waals surface area contributed by atoms with Crippen molar-refractivity contribution in [2.24, 2.45) is 0 Å². The van der Waals surface area contributed by atoms with Gasteiger partial charge in [-0.15, -0.1) is 0 Å². The number of benzene rings is 1. The van der Waals surface area contributed by atoms with Crippen molar-refractivity contribution >= 4 is 22.8 Å². The van der Waals surface area contributed by atoms with Crippen LogP contribution < -0.4 is 10.9 Å². The smallest absolute Gasteiger partial charge is 0.286 e. The Kier molecular flexibility index (Phi) is 4.97. The lowest BCUT2D eigenvalue weighted by molar-refractivity contribution is 0.0845. The molecule has 5 aromatic rings. The molecule has 0 saturated carbocycles. The fraction of sp³-hybridized carbons (Fsp3) is 0.0435. The summed E-state index contributed by atoms with van der Waals surface area (Å²) in [6.45, 7) is 0.367. The zero-order valence-corrected chi connectivity index (χ0v) is 16.8. The second-order valence-electron chi connectivity index (χ2n) is 7.03. The number of nitrogens with one attached hydrogen (secondary N) is 3. The lowest BCUT2D eigenvalue weighted by Crippen LogP contribution is -2.41.